The molecule has 0 bridgehead atoms. The molecule has 3 heterocycles. The molecule has 2 amide bonds. The van der Waals surface area contributed by atoms with Crippen molar-refractivity contribution >= 4 is 23.3 Å². The predicted octanol–water partition coefficient (Wildman–Crippen LogP) is 1.67. The lowest BCUT2D eigenvalue weighted by atomic mass is 10.1. The van der Waals surface area contributed by atoms with E-state index in [4.69, 9.17) is 9.47 Å². The van der Waals surface area contributed by atoms with Crippen LogP contribution in [-0.4, -0.2) is 68.6 Å². The second kappa shape index (κ2) is 9.14. The van der Waals surface area contributed by atoms with Crippen molar-refractivity contribution in [2.24, 2.45) is 5.92 Å². The Morgan fingerprint density at radius 3 is 2.62 bits per heavy atom. The molecule has 166 valence electrons. The van der Waals surface area contributed by atoms with Crippen LogP contribution in [0, 0.1) is 17.2 Å². The van der Waals surface area contributed by atoms with Crippen LogP contribution in [0.4, 0.5) is 11.5 Å². The fraction of sp³-hybridized carbons (Fsp3) is 0.391. The predicted molar refractivity (Wildman–Crippen MR) is 118 cm³/mol. The first kappa shape index (κ1) is 21.4. The molecular formula is C23H25N5O4. The Balaban J connectivity index is 1.42. The van der Waals surface area contributed by atoms with E-state index in [1.54, 1.807) is 60.5 Å². The van der Waals surface area contributed by atoms with E-state index in [2.05, 4.69) is 11.1 Å². The third kappa shape index (κ3) is 4.04. The Kier molecular flexibility index (Phi) is 6.12. The van der Waals surface area contributed by atoms with Gasteiger partial charge in [0, 0.05) is 51.4 Å². The van der Waals surface area contributed by atoms with E-state index in [0.717, 1.165) is 0 Å². The number of pyridine rings is 1. The lowest BCUT2D eigenvalue weighted by Crippen LogP contribution is -2.51. The van der Waals surface area contributed by atoms with Crippen molar-refractivity contribution < 1.29 is 19.1 Å². The van der Waals surface area contributed by atoms with Gasteiger partial charge in [-0.15, -0.1) is 0 Å². The van der Waals surface area contributed by atoms with Crippen molar-refractivity contribution in [3.8, 4) is 17.6 Å². The number of anilines is 2. The second-order valence-corrected chi connectivity index (χ2v) is 7.74. The van der Waals surface area contributed by atoms with Crippen molar-refractivity contribution in [2.45, 2.75) is 6.42 Å². The fourth-order valence-electron chi connectivity index (χ4n) is 4.25. The van der Waals surface area contributed by atoms with Crippen LogP contribution < -0.4 is 19.3 Å². The zero-order valence-electron chi connectivity index (χ0n) is 18.2. The van der Waals surface area contributed by atoms with E-state index >= 15 is 0 Å². The highest BCUT2D eigenvalue weighted by molar-refractivity contribution is 6.01. The number of carbonyl (C=O) groups is 2. The summed E-state index contributed by atoms with van der Waals surface area (Å²) in [6.45, 7) is 2.53. The molecule has 0 spiro atoms. The maximum atomic E-state index is 13.2. The fourth-order valence-corrected chi connectivity index (χ4v) is 4.25. The van der Waals surface area contributed by atoms with E-state index in [1.807, 2.05) is 4.90 Å². The Morgan fingerprint density at radius 2 is 1.94 bits per heavy atom. The summed E-state index contributed by atoms with van der Waals surface area (Å²) >= 11 is 0. The summed E-state index contributed by atoms with van der Waals surface area (Å²) in [5, 5.41) is 9.31. The Labute approximate surface area is 186 Å². The smallest absolute Gasteiger partial charge is 0.228 e. The highest BCUT2D eigenvalue weighted by Gasteiger charge is 2.39. The Hall–Kier alpha value is -3.80. The lowest BCUT2D eigenvalue weighted by molar-refractivity contribution is -0.136. The maximum absolute atomic E-state index is 13.2. The molecule has 2 aliphatic rings. The van der Waals surface area contributed by atoms with Crippen LogP contribution in [0.3, 0.4) is 0 Å². The molecule has 2 aromatic rings. The monoisotopic (exact) mass is 435 g/mol. The van der Waals surface area contributed by atoms with Gasteiger partial charge in [0.25, 0.3) is 0 Å². The van der Waals surface area contributed by atoms with Gasteiger partial charge in [0.2, 0.25) is 11.8 Å². The minimum absolute atomic E-state index is 0.0242. The third-order valence-corrected chi connectivity index (χ3v) is 5.95. The number of benzene rings is 1. The molecule has 2 fully saturated rings. The second-order valence-electron chi connectivity index (χ2n) is 7.74. The summed E-state index contributed by atoms with van der Waals surface area (Å²) in [6, 6.07) is 10.9. The van der Waals surface area contributed by atoms with Gasteiger partial charge in [0.05, 0.1) is 31.4 Å². The summed E-state index contributed by atoms with van der Waals surface area (Å²) in [6.07, 6.45) is 1.83. The molecule has 2 saturated heterocycles. The number of hydrogen-bond acceptors (Lipinski definition) is 7. The number of nitrogens with zero attached hydrogens (tertiary/aromatic N) is 5. The molecular weight excluding hydrogens is 410 g/mol. The van der Waals surface area contributed by atoms with E-state index in [0.29, 0.717) is 61.3 Å². The summed E-state index contributed by atoms with van der Waals surface area (Å²) < 4.78 is 10.7. The van der Waals surface area contributed by atoms with Crippen LogP contribution in [0.5, 0.6) is 11.5 Å². The zero-order valence-corrected chi connectivity index (χ0v) is 18.2. The summed E-state index contributed by atoms with van der Waals surface area (Å²) in [5.74, 6) is 1.28. The van der Waals surface area contributed by atoms with Gasteiger partial charge in [0.1, 0.15) is 23.4 Å². The Morgan fingerprint density at radius 1 is 1.16 bits per heavy atom. The van der Waals surface area contributed by atoms with Crippen molar-refractivity contribution in [1.82, 2.24) is 9.88 Å². The van der Waals surface area contributed by atoms with Crippen LogP contribution in [0.25, 0.3) is 0 Å². The number of hydrogen-bond donors (Lipinski definition) is 0. The third-order valence-electron chi connectivity index (χ3n) is 5.95. The molecule has 9 heteroatoms. The molecule has 0 aliphatic carbocycles. The molecule has 9 nitrogen and oxygen atoms in total. The summed E-state index contributed by atoms with van der Waals surface area (Å²) in [5.41, 5.74) is 1.13. The normalized spacial score (nSPS) is 18.5. The first-order chi connectivity index (χ1) is 15.5. The van der Waals surface area contributed by atoms with Gasteiger partial charge in [-0.25, -0.2) is 4.98 Å². The number of rotatable bonds is 5. The molecule has 32 heavy (non-hydrogen) atoms. The van der Waals surface area contributed by atoms with Gasteiger partial charge in [-0.2, -0.15) is 5.26 Å². The van der Waals surface area contributed by atoms with E-state index in [1.165, 1.54) is 0 Å². The van der Waals surface area contributed by atoms with Crippen molar-refractivity contribution in [3.05, 3.63) is 42.1 Å². The molecule has 1 aromatic carbocycles. The van der Waals surface area contributed by atoms with Crippen LogP contribution >= 0.6 is 0 Å². The SMILES string of the molecule is COc1ccc(OC)c(N2CC(C(=O)N3CCN(c4ncccc4C#N)CC3)CC2=O)c1. The molecule has 0 saturated carbocycles. The topological polar surface area (TPSA) is 99.0 Å². The van der Waals surface area contributed by atoms with Gasteiger partial charge in [0.15, 0.2) is 0 Å². The van der Waals surface area contributed by atoms with Crippen molar-refractivity contribution in [3.63, 3.8) is 0 Å². The van der Waals surface area contributed by atoms with Crippen LogP contribution in [0.2, 0.25) is 0 Å². The van der Waals surface area contributed by atoms with Gasteiger partial charge < -0.3 is 24.2 Å². The van der Waals surface area contributed by atoms with Gasteiger partial charge >= 0.3 is 0 Å². The summed E-state index contributed by atoms with van der Waals surface area (Å²) in [7, 11) is 3.11. The minimum Gasteiger partial charge on any atom is -0.497 e. The van der Waals surface area contributed by atoms with E-state index in [9.17, 15) is 14.9 Å². The van der Waals surface area contributed by atoms with E-state index in [-0.39, 0.29) is 18.2 Å². The van der Waals surface area contributed by atoms with Crippen molar-refractivity contribution in [2.75, 3.05) is 56.7 Å². The van der Waals surface area contributed by atoms with Gasteiger partial charge in [-0.05, 0) is 24.3 Å². The number of aromatic nitrogens is 1. The molecule has 1 unspecified atom stereocenters. The van der Waals surface area contributed by atoms with E-state index < -0.39 is 5.92 Å². The standard InChI is InChI=1S/C23H25N5O4/c1-31-18-5-6-20(32-2)19(13-18)28-15-17(12-21(28)29)23(30)27-10-8-26(9-11-27)22-16(14-24)4-3-7-25-22/h3-7,13,17H,8-12,15H2,1-2H3. The molecule has 4 rings (SSSR count). The highest BCUT2D eigenvalue weighted by Crippen LogP contribution is 2.36. The first-order valence-corrected chi connectivity index (χ1v) is 10.5. The number of nitriles is 1. The number of ether oxygens (including phenoxy) is 2. The quantitative estimate of drug-likeness (QED) is 0.704. The van der Waals surface area contributed by atoms with Gasteiger partial charge in [-0.3, -0.25) is 9.59 Å². The number of methoxy groups -OCH3 is 2. The number of amides is 2. The molecule has 1 atom stereocenters. The number of piperazine rings is 1. The van der Waals surface area contributed by atoms with Crippen molar-refractivity contribution in [1.29, 1.82) is 5.26 Å². The van der Waals surface area contributed by atoms with Crippen LogP contribution in [0.1, 0.15) is 12.0 Å². The zero-order chi connectivity index (χ0) is 22.7. The van der Waals surface area contributed by atoms with Crippen LogP contribution in [-0.2, 0) is 9.59 Å². The molecule has 1 aromatic heterocycles. The Bertz CT molecular complexity index is 1060. The average Bonchev–Trinajstić information content (AvgIpc) is 3.24. The molecule has 2 aliphatic heterocycles. The maximum Gasteiger partial charge on any atom is 0.228 e. The molecule has 0 N–H and O–H groups in total. The largest absolute Gasteiger partial charge is 0.497 e. The van der Waals surface area contributed by atoms with Gasteiger partial charge in [-0.1, -0.05) is 0 Å². The highest BCUT2D eigenvalue weighted by atomic mass is 16.5. The van der Waals surface area contributed by atoms with Crippen LogP contribution in [0.15, 0.2) is 36.5 Å². The average molecular weight is 435 g/mol. The molecule has 0 radical (unpaired) electrons. The minimum atomic E-state index is -0.408. The first-order valence-electron chi connectivity index (χ1n) is 10.5. The summed E-state index contributed by atoms with van der Waals surface area (Å²) in [4.78, 5) is 35.7. The lowest BCUT2D eigenvalue weighted by Gasteiger charge is -2.36. The number of carbonyl (C=O) groups excluding carboxylic acids is 2.